The lowest BCUT2D eigenvalue weighted by molar-refractivity contribution is -0.231. The van der Waals surface area contributed by atoms with Crippen LogP contribution in [0.2, 0.25) is 0 Å². The molecule has 4 unspecified atom stereocenters. The maximum atomic E-state index is 12.0. The molecule has 3 N–H and O–H groups in total. The van der Waals surface area contributed by atoms with Gasteiger partial charge in [-0.1, -0.05) is 84.0 Å². The summed E-state index contributed by atoms with van der Waals surface area (Å²) in [5, 5.41) is 20.7. The quantitative estimate of drug-likeness (QED) is 0.0614. The van der Waals surface area contributed by atoms with E-state index in [1.54, 1.807) is 0 Å². The Labute approximate surface area is 222 Å². The van der Waals surface area contributed by atoms with Crippen LogP contribution in [0.15, 0.2) is 0 Å². The molecule has 0 aliphatic rings. The van der Waals surface area contributed by atoms with E-state index in [4.69, 9.17) is 19.1 Å². The van der Waals surface area contributed by atoms with Gasteiger partial charge in [0.25, 0.3) is 7.82 Å². The van der Waals surface area contributed by atoms with E-state index in [0.29, 0.717) is 6.42 Å². The first-order valence-electron chi connectivity index (χ1n) is 13.6. The van der Waals surface area contributed by atoms with E-state index in [1.807, 2.05) is 0 Å². The predicted molar refractivity (Wildman–Crippen MR) is 138 cm³/mol. The Morgan fingerprint density at radius 2 is 1.35 bits per heavy atom. The fraction of sp³-hybridized carbons (Fsp3) is 0.920. The van der Waals surface area contributed by atoms with Gasteiger partial charge < -0.3 is 38.9 Å². The lowest BCUT2D eigenvalue weighted by atomic mass is 10.0. The van der Waals surface area contributed by atoms with Crippen LogP contribution in [0, 0.1) is 0 Å². The number of esters is 1. The third-order valence-electron chi connectivity index (χ3n) is 5.77. The van der Waals surface area contributed by atoms with Gasteiger partial charge in [0.15, 0.2) is 6.29 Å². The van der Waals surface area contributed by atoms with Gasteiger partial charge in [-0.15, -0.1) is 0 Å². The Morgan fingerprint density at radius 3 is 1.81 bits per heavy atom. The summed E-state index contributed by atoms with van der Waals surface area (Å²) in [5.74, 6) is -1.73. The lowest BCUT2D eigenvalue weighted by Gasteiger charge is -2.27. The van der Waals surface area contributed by atoms with Crippen molar-refractivity contribution in [1.29, 1.82) is 0 Å². The molecule has 4 atom stereocenters. The summed E-state index contributed by atoms with van der Waals surface area (Å²) in [7, 11) is -3.50. The van der Waals surface area contributed by atoms with Gasteiger partial charge >= 0.3 is 11.9 Å². The highest BCUT2D eigenvalue weighted by atomic mass is 31.2. The number of carbonyl (C=O) groups excluding carboxylic acids is 1. The van der Waals surface area contributed by atoms with Crippen LogP contribution in [-0.2, 0) is 32.7 Å². The van der Waals surface area contributed by atoms with Crippen LogP contribution in [0.1, 0.15) is 104 Å². The van der Waals surface area contributed by atoms with Crippen molar-refractivity contribution in [3.8, 4) is 0 Å². The number of likely N-dealkylation sites (N-methyl/N-ethyl adjacent to an activating group) is 1. The zero-order chi connectivity index (χ0) is 27.9. The Bertz CT molecular complexity index is 635. The fourth-order valence-corrected chi connectivity index (χ4v) is 4.36. The van der Waals surface area contributed by atoms with Crippen LogP contribution in [0.25, 0.3) is 0 Å². The van der Waals surface area contributed by atoms with Crippen molar-refractivity contribution in [2.45, 2.75) is 122 Å². The number of rotatable bonds is 26. The second-order valence-electron chi connectivity index (χ2n) is 9.25. The third-order valence-corrected chi connectivity index (χ3v) is 6.70. The van der Waals surface area contributed by atoms with E-state index in [2.05, 4.69) is 16.8 Å². The van der Waals surface area contributed by atoms with Gasteiger partial charge in [0.1, 0.15) is 18.8 Å². The van der Waals surface area contributed by atoms with Crippen LogP contribution in [-0.4, -0.2) is 67.5 Å². The summed E-state index contributed by atoms with van der Waals surface area (Å²) in [6.07, 6.45) is 13.6. The molecule has 0 heterocycles. The summed E-state index contributed by atoms with van der Waals surface area (Å²) in [6.45, 7) is 2.00. The molecule has 0 amide bonds. The van der Waals surface area contributed by atoms with Crippen molar-refractivity contribution in [1.82, 2.24) is 5.32 Å². The van der Waals surface area contributed by atoms with E-state index < -0.39 is 51.4 Å². The van der Waals surface area contributed by atoms with Gasteiger partial charge in [-0.3, -0.25) is 14.2 Å². The molecule has 0 saturated carbocycles. The van der Waals surface area contributed by atoms with E-state index >= 15 is 0 Å². The Morgan fingerprint density at radius 1 is 0.865 bits per heavy atom. The molecule has 220 valence electrons. The summed E-state index contributed by atoms with van der Waals surface area (Å²) < 4.78 is 31.4. The number of carboxylic acids is 1. The number of phosphoric ester groups is 1. The summed E-state index contributed by atoms with van der Waals surface area (Å²) >= 11 is 0. The molecule has 11 nitrogen and oxygen atoms in total. The van der Waals surface area contributed by atoms with Gasteiger partial charge in [-0.25, -0.2) is 0 Å². The maximum absolute atomic E-state index is 12.0. The van der Waals surface area contributed by atoms with Crippen LogP contribution in [0.4, 0.5) is 0 Å². The SMILES string of the molecule is CCCCCCCCCCCCCCCC(=O)OCC(COP(=O)([O-])OCC(NC)C(=O)O)OC(C)O. The standard InChI is InChI=1S/C25H50NO10P/c1-4-5-6-7-8-9-10-11-12-13-14-15-16-17-24(28)33-18-22(36-21(2)27)19-34-37(31,32)35-20-23(26-3)25(29)30/h21-23,26-27H,4-20H2,1-3H3,(H,29,30)(H,31,32)/p-1. The second-order valence-corrected chi connectivity index (χ2v) is 10.7. The molecule has 0 fully saturated rings. The Kier molecular flexibility index (Phi) is 22.2. The van der Waals surface area contributed by atoms with Gasteiger partial charge in [-0.05, 0) is 20.4 Å². The van der Waals surface area contributed by atoms with Crippen LogP contribution in [0.5, 0.6) is 0 Å². The molecule has 0 bridgehead atoms. The molecule has 0 aliphatic carbocycles. The first kappa shape index (κ1) is 35.9. The minimum Gasteiger partial charge on any atom is -0.756 e. The van der Waals surface area contributed by atoms with Gasteiger partial charge in [0.2, 0.25) is 0 Å². The lowest BCUT2D eigenvalue weighted by Crippen LogP contribution is -2.38. The van der Waals surface area contributed by atoms with Crippen LogP contribution in [0.3, 0.4) is 0 Å². The number of phosphoric acid groups is 1. The minimum absolute atomic E-state index is 0.240. The highest BCUT2D eigenvalue weighted by Crippen LogP contribution is 2.38. The highest BCUT2D eigenvalue weighted by Gasteiger charge is 2.22. The number of nitrogens with one attached hydrogen (secondary N) is 1. The number of carbonyl (C=O) groups is 2. The average Bonchev–Trinajstić information content (AvgIpc) is 2.83. The number of ether oxygens (including phenoxy) is 2. The van der Waals surface area contributed by atoms with E-state index in [0.717, 1.165) is 19.3 Å². The van der Waals surface area contributed by atoms with E-state index in [1.165, 1.54) is 71.8 Å². The molecule has 0 saturated heterocycles. The molecule has 0 rings (SSSR count). The molecule has 0 spiro atoms. The van der Waals surface area contributed by atoms with Crippen LogP contribution >= 0.6 is 7.82 Å². The average molecular weight is 555 g/mol. The predicted octanol–water partition coefficient (Wildman–Crippen LogP) is 3.91. The van der Waals surface area contributed by atoms with Gasteiger partial charge in [0.05, 0.1) is 13.2 Å². The molecule has 0 aromatic rings. The molecule has 12 heteroatoms. The molecular formula is C25H49NO10P-. The number of unbranched alkanes of at least 4 members (excludes halogenated alkanes) is 12. The Hall–Kier alpha value is -1.07. The third kappa shape index (κ3) is 22.6. The zero-order valence-electron chi connectivity index (χ0n) is 22.9. The topological polar surface area (TPSA) is 164 Å². The first-order valence-corrected chi connectivity index (χ1v) is 15.1. The van der Waals surface area contributed by atoms with Crippen molar-refractivity contribution in [2.75, 3.05) is 26.9 Å². The second kappa shape index (κ2) is 22.9. The summed E-state index contributed by atoms with van der Waals surface area (Å²) in [6, 6.07) is -1.23. The molecule has 37 heavy (non-hydrogen) atoms. The minimum atomic E-state index is -4.84. The molecule has 0 radical (unpaired) electrons. The number of aliphatic hydroxyl groups excluding tert-OH is 1. The number of hydrogen-bond donors (Lipinski definition) is 3. The Balaban J connectivity index is 4.03. The maximum Gasteiger partial charge on any atom is 0.323 e. The van der Waals surface area contributed by atoms with Crippen molar-refractivity contribution >= 4 is 19.8 Å². The molecule has 0 aromatic carbocycles. The van der Waals surface area contributed by atoms with E-state index in [-0.39, 0.29) is 13.0 Å². The van der Waals surface area contributed by atoms with E-state index in [9.17, 15) is 24.2 Å². The zero-order valence-corrected chi connectivity index (χ0v) is 23.8. The van der Waals surface area contributed by atoms with Gasteiger partial charge in [-0.2, -0.15) is 0 Å². The van der Waals surface area contributed by atoms with Crippen molar-refractivity contribution in [2.24, 2.45) is 0 Å². The highest BCUT2D eigenvalue weighted by molar-refractivity contribution is 7.45. The van der Waals surface area contributed by atoms with Crippen LogP contribution < -0.4 is 10.2 Å². The van der Waals surface area contributed by atoms with Crippen molar-refractivity contribution in [3.05, 3.63) is 0 Å². The number of hydrogen-bond acceptors (Lipinski definition) is 10. The molecule has 0 aliphatic heterocycles. The monoisotopic (exact) mass is 554 g/mol. The smallest absolute Gasteiger partial charge is 0.323 e. The van der Waals surface area contributed by atoms with Crippen molar-refractivity contribution < 1.29 is 47.8 Å². The summed E-state index contributed by atoms with van der Waals surface area (Å²) in [4.78, 5) is 34.8. The largest absolute Gasteiger partial charge is 0.756 e. The fourth-order valence-electron chi connectivity index (χ4n) is 3.61. The van der Waals surface area contributed by atoms with Gasteiger partial charge in [0, 0.05) is 6.42 Å². The number of aliphatic carboxylic acids is 1. The molecule has 0 aromatic heterocycles. The normalized spacial score (nSPS) is 15.6. The summed E-state index contributed by atoms with van der Waals surface area (Å²) in [5.41, 5.74) is 0. The molecular weight excluding hydrogens is 505 g/mol. The number of aliphatic hydroxyl groups is 1. The first-order chi connectivity index (χ1) is 17.6. The number of carboxylic acid groups (broad SMARTS) is 1. The van der Waals surface area contributed by atoms with Crippen molar-refractivity contribution in [3.63, 3.8) is 0 Å².